The minimum atomic E-state index is -1.40. The Morgan fingerprint density at radius 2 is 1.75 bits per heavy atom. The lowest BCUT2D eigenvalue weighted by molar-refractivity contribution is 0.0873. The van der Waals surface area contributed by atoms with Gasteiger partial charge in [0.2, 0.25) is 0 Å². The summed E-state index contributed by atoms with van der Waals surface area (Å²) in [5.74, 6) is -3.45. The van der Waals surface area contributed by atoms with Crippen LogP contribution < -0.4 is 5.73 Å². The van der Waals surface area contributed by atoms with E-state index in [1.165, 1.54) is 0 Å². The molecule has 20 heavy (non-hydrogen) atoms. The van der Waals surface area contributed by atoms with Gasteiger partial charge in [-0.05, 0) is 62.4 Å². The van der Waals surface area contributed by atoms with Crippen LogP contribution in [0.25, 0.3) is 0 Å². The second-order valence-corrected chi connectivity index (χ2v) is 5.85. The smallest absolute Gasteiger partial charge is 0.194 e. The molecule has 0 amide bonds. The van der Waals surface area contributed by atoms with Crippen molar-refractivity contribution in [2.45, 2.75) is 37.8 Å². The molecule has 2 unspecified atom stereocenters. The van der Waals surface area contributed by atoms with Crippen molar-refractivity contribution in [3.63, 3.8) is 0 Å². The van der Waals surface area contributed by atoms with Crippen molar-refractivity contribution >= 4 is 0 Å². The normalized spacial score (nSPS) is 27.8. The predicted molar refractivity (Wildman–Crippen MR) is 70.6 cm³/mol. The lowest BCUT2D eigenvalue weighted by atomic mass is 9.84. The molecule has 0 bridgehead atoms. The summed E-state index contributed by atoms with van der Waals surface area (Å²) < 4.78 is 40.1. The van der Waals surface area contributed by atoms with E-state index in [1.54, 1.807) is 0 Å². The molecule has 1 aromatic carbocycles. The van der Waals surface area contributed by atoms with Crippen molar-refractivity contribution < 1.29 is 13.2 Å². The van der Waals surface area contributed by atoms with Crippen LogP contribution in [-0.2, 0) is 0 Å². The van der Waals surface area contributed by atoms with Crippen molar-refractivity contribution in [2.75, 3.05) is 13.1 Å². The fourth-order valence-electron chi connectivity index (χ4n) is 3.38. The summed E-state index contributed by atoms with van der Waals surface area (Å²) in [6, 6.07) is 2.66. The minimum Gasteiger partial charge on any atom is -0.330 e. The Balaban J connectivity index is 1.98. The fourth-order valence-corrected chi connectivity index (χ4v) is 3.38. The van der Waals surface area contributed by atoms with Crippen molar-refractivity contribution in [3.8, 4) is 0 Å². The van der Waals surface area contributed by atoms with Gasteiger partial charge in [-0.2, -0.15) is 0 Å². The zero-order valence-electron chi connectivity index (χ0n) is 11.3. The molecule has 1 saturated heterocycles. The van der Waals surface area contributed by atoms with Gasteiger partial charge in [0, 0.05) is 12.1 Å². The number of hydrogen-bond acceptors (Lipinski definition) is 2. The minimum absolute atomic E-state index is 0.0918. The first-order chi connectivity index (χ1) is 9.61. The number of piperidine rings is 1. The first kappa shape index (κ1) is 13.9. The largest absolute Gasteiger partial charge is 0.330 e. The molecule has 2 nitrogen and oxygen atoms in total. The van der Waals surface area contributed by atoms with Gasteiger partial charge in [-0.3, -0.25) is 4.90 Å². The second-order valence-electron chi connectivity index (χ2n) is 5.85. The summed E-state index contributed by atoms with van der Waals surface area (Å²) in [6.07, 6.45) is 4.26. The van der Waals surface area contributed by atoms with Gasteiger partial charge in [0.05, 0.1) is 0 Å². The molecule has 1 aliphatic carbocycles. The predicted octanol–water partition coefficient (Wildman–Crippen LogP) is 2.98. The molecule has 2 aliphatic rings. The highest BCUT2D eigenvalue weighted by Crippen LogP contribution is 2.42. The first-order valence-corrected chi connectivity index (χ1v) is 7.22. The molecule has 3 rings (SSSR count). The SMILES string of the molecule is NCC1CCCN(C2CC2)C1c1cc(F)c(F)c(F)c1. The van der Waals surface area contributed by atoms with Crippen LogP contribution in [0.15, 0.2) is 12.1 Å². The molecule has 0 radical (unpaired) electrons. The molecule has 0 aromatic heterocycles. The second kappa shape index (κ2) is 5.37. The van der Waals surface area contributed by atoms with Gasteiger partial charge in [0.15, 0.2) is 17.5 Å². The van der Waals surface area contributed by atoms with Gasteiger partial charge >= 0.3 is 0 Å². The van der Waals surface area contributed by atoms with E-state index < -0.39 is 17.5 Å². The Morgan fingerprint density at radius 3 is 2.30 bits per heavy atom. The lowest BCUT2D eigenvalue weighted by Crippen LogP contribution is -2.42. The summed E-state index contributed by atoms with van der Waals surface area (Å²) in [4.78, 5) is 2.30. The number of nitrogens with two attached hydrogens (primary N) is 1. The van der Waals surface area contributed by atoms with Crippen LogP contribution >= 0.6 is 0 Å². The molecule has 1 aliphatic heterocycles. The van der Waals surface area contributed by atoms with Gasteiger partial charge in [0.25, 0.3) is 0 Å². The van der Waals surface area contributed by atoms with E-state index >= 15 is 0 Å². The Kier molecular flexibility index (Phi) is 3.73. The standard InChI is InChI=1S/C15H19F3N2/c16-12-6-10(7-13(17)14(12)18)15-9(8-19)2-1-5-20(15)11-3-4-11/h6-7,9,11,15H,1-5,8,19H2. The molecule has 1 aromatic rings. The zero-order chi connectivity index (χ0) is 14.3. The molecular weight excluding hydrogens is 265 g/mol. The molecule has 2 fully saturated rings. The molecule has 110 valence electrons. The number of nitrogens with zero attached hydrogens (tertiary/aromatic N) is 1. The van der Waals surface area contributed by atoms with Gasteiger partial charge in [-0.15, -0.1) is 0 Å². The van der Waals surface area contributed by atoms with Crippen LogP contribution in [0, 0.1) is 23.4 Å². The van der Waals surface area contributed by atoms with E-state index in [4.69, 9.17) is 5.73 Å². The Labute approximate surface area is 116 Å². The monoisotopic (exact) mass is 284 g/mol. The van der Waals surface area contributed by atoms with Crippen molar-refractivity contribution in [1.82, 2.24) is 4.90 Å². The van der Waals surface area contributed by atoms with Gasteiger partial charge in [0.1, 0.15) is 0 Å². The number of benzene rings is 1. The van der Waals surface area contributed by atoms with Crippen molar-refractivity contribution in [3.05, 3.63) is 35.1 Å². The van der Waals surface area contributed by atoms with Crippen LogP contribution in [0.2, 0.25) is 0 Å². The van der Waals surface area contributed by atoms with Crippen LogP contribution in [0.5, 0.6) is 0 Å². The van der Waals surface area contributed by atoms with Crippen molar-refractivity contribution in [1.29, 1.82) is 0 Å². The molecule has 0 spiro atoms. The third kappa shape index (κ3) is 2.44. The maximum atomic E-state index is 13.5. The van der Waals surface area contributed by atoms with Gasteiger partial charge < -0.3 is 5.73 Å². The molecule has 1 heterocycles. The van der Waals surface area contributed by atoms with Crippen LogP contribution in [0.3, 0.4) is 0 Å². The van der Waals surface area contributed by atoms with Crippen LogP contribution in [0.1, 0.15) is 37.3 Å². The molecular formula is C15H19F3N2. The number of halogens is 3. The summed E-state index contributed by atoms with van der Waals surface area (Å²) in [5.41, 5.74) is 6.35. The molecule has 2 atom stereocenters. The zero-order valence-corrected chi connectivity index (χ0v) is 11.3. The highest BCUT2D eigenvalue weighted by molar-refractivity contribution is 5.25. The maximum absolute atomic E-state index is 13.5. The number of hydrogen-bond donors (Lipinski definition) is 1. The summed E-state index contributed by atoms with van der Waals surface area (Å²) >= 11 is 0. The first-order valence-electron chi connectivity index (χ1n) is 7.22. The van der Waals surface area contributed by atoms with E-state index in [0.717, 1.165) is 44.4 Å². The molecule has 1 saturated carbocycles. The Hall–Kier alpha value is -1.07. The summed E-state index contributed by atoms with van der Waals surface area (Å²) in [5, 5.41) is 0. The summed E-state index contributed by atoms with van der Waals surface area (Å²) in [6.45, 7) is 1.40. The van der Waals surface area contributed by atoms with E-state index in [9.17, 15) is 13.2 Å². The fraction of sp³-hybridized carbons (Fsp3) is 0.600. The average molecular weight is 284 g/mol. The van der Waals surface area contributed by atoms with Gasteiger partial charge in [-0.1, -0.05) is 0 Å². The molecule has 2 N–H and O–H groups in total. The number of likely N-dealkylation sites (tertiary alicyclic amines) is 1. The van der Waals surface area contributed by atoms with Gasteiger partial charge in [-0.25, -0.2) is 13.2 Å². The van der Waals surface area contributed by atoms with E-state index in [0.29, 0.717) is 18.2 Å². The highest BCUT2D eigenvalue weighted by atomic mass is 19.2. The Bertz CT molecular complexity index is 479. The van der Waals surface area contributed by atoms with E-state index in [2.05, 4.69) is 4.90 Å². The maximum Gasteiger partial charge on any atom is 0.194 e. The van der Waals surface area contributed by atoms with Crippen LogP contribution in [-0.4, -0.2) is 24.0 Å². The van der Waals surface area contributed by atoms with Crippen molar-refractivity contribution in [2.24, 2.45) is 11.7 Å². The topological polar surface area (TPSA) is 29.3 Å². The van der Waals surface area contributed by atoms with Crippen LogP contribution in [0.4, 0.5) is 13.2 Å². The van der Waals surface area contributed by atoms with E-state index in [1.807, 2.05) is 0 Å². The summed E-state index contributed by atoms with van der Waals surface area (Å²) in [7, 11) is 0. The highest BCUT2D eigenvalue weighted by Gasteiger charge is 2.40. The average Bonchev–Trinajstić information content (AvgIpc) is 3.27. The Morgan fingerprint density at radius 1 is 1.10 bits per heavy atom. The number of rotatable bonds is 3. The quantitative estimate of drug-likeness (QED) is 0.865. The third-order valence-corrected chi connectivity index (χ3v) is 4.46. The lowest BCUT2D eigenvalue weighted by Gasteiger charge is -2.41. The third-order valence-electron chi connectivity index (χ3n) is 4.46. The molecule has 5 heteroatoms. The van der Waals surface area contributed by atoms with E-state index in [-0.39, 0.29) is 12.0 Å².